The van der Waals surface area contributed by atoms with Gasteiger partial charge in [0.05, 0.1) is 5.69 Å². The molecule has 4 rings (SSSR count). The highest BCUT2D eigenvalue weighted by Crippen LogP contribution is 2.44. The third-order valence-corrected chi connectivity index (χ3v) is 6.21. The number of piperazine rings is 1. The number of hydrogen-bond donors (Lipinski definition) is 2. The highest BCUT2D eigenvalue weighted by Gasteiger charge is 2.40. The van der Waals surface area contributed by atoms with Crippen LogP contribution in [0.1, 0.15) is 25.7 Å². The second kappa shape index (κ2) is 6.19. The van der Waals surface area contributed by atoms with Crippen LogP contribution in [0.3, 0.4) is 0 Å². The van der Waals surface area contributed by atoms with Crippen LogP contribution in [0.4, 0.5) is 5.69 Å². The number of rotatable bonds is 2. The summed E-state index contributed by atoms with van der Waals surface area (Å²) in [6.45, 7) is 3.63. The molecule has 23 heavy (non-hydrogen) atoms. The van der Waals surface area contributed by atoms with Gasteiger partial charge < -0.3 is 20.2 Å². The summed E-state index contributed by atoms with van der Waals surface area (Å²) in [4.78, 5) is 4.53. The van der Waals surface area contributed by atoms with Gasteiger partial charge in [0.25, 0.3) is 0 Å². The van der Waals surface area contributed by atoms with Crippen LogP contribution in [-0.4, -0.2) is 47.3 Å². The van der Waals surface area contributed by atoms with E-state index < -0.39 is 0 Å². The van der Waals surface area contributed by atoms with Crippen LogP contribution < -0.4 is 10.2 Å². The van der Waals surface area contributed by atoms with Crippen molar-refractivity contribution in [1.82, 2.24) is 10.2 Å². The van der Waals surface area contributed by atoms with E-state index in [4.69, 9.17) is 12.2 Å². The lowest BCUT2D eigenvalue weighted by Gasteiger charge is -2.38. The Hall–Kier alpha value is -1.49. The van der Waals surface area contributed by atoms with Crippen molar-refractivity contribution in [3.63, 3.8) is 0 Å². The first-order valence-electron chi connectivity index (χ1n) is 8.79. The third kappa shape index (κ3) is 2.99. The normalized spacial score (nSPS) is 29.8. The fourth-order valence-electron chi connectivity index (χ4n) is 4.55. The van der Waals surface area contributed by atoms with Gasteiger partial charge in [0.2, 0.25) is 0 Å². The first-order chi connectivity index (χ1) is 11.2. The Balaban J connectivity index is 1.31. The van der Waals surface area contributed by atoms with E-state index >= 15 is 0 Å². The van der Waals surface area contributed by atoms with E-state index in [9.17, 15) is 5.11 Å². The molecule has 1 aliphatic heterocycles. The molecule has 0 unspecified atom stereocenters. The lowest BCUT2D eigenvalue weighted by Crippen LogP contribution is -2.54. The maximum absolute atomic E-state index is 9.99. The summed E-state index contributed by atoms with van der Waals surface area (Å²) >= 11 is 5.65. The molecule has 1 aromatic carbocycles. The van der Waals surface area contributed by atoms with Gasteiger partial charge in [0.15, 0.2) is 5.11 Å². The summed E-state index contributed by atoms with van der Waals surface area (Å²) in [5.41, 5.74) is 0.930. The quantitative estimate of drug-likeness (QED) is 0.815. The zero-order valence-electron chi connectivity index (χ0n) is 13.4. The second-order valence-electron chi connectivity index (χ2n) is 7.19. The smallest absolute Gasteiger partial charge is 0.169 e. The lowest BCUT2D eigenvalue weighted by molar-refractivity contribution is 0.344. The monoisotopic (exact) mass is 331 g/mol. The number of nitrogens with zero attached hydrogens (tertiary/aromatic N) is 2. The molecule has 1 aromatic rings. The number of para-hydroxylation sites is 2. The molecular formula is C18H25N3OS. The zero-order chi connectivity index (χ0) is 15.8. The summed E-state index contributed by atoms with van der Waals surface area (Å²) in [7, 11) is 0. The lowest BCUT2D eigenvalue weighted by atomic mass is 9.95. The minimum atomic E-state index is 0.364. The van der Waals surface area contributed by atoms with Crippen LogP contribution in [0.15, 0.2) is 24.3 Å². The molecule has 0 radical (unpaired) electrons. The molecule has 0 spiro atoms. The number of phenols is 1. The largest absolute Gasteiger partial charge is 0.506 e. The topological polar surface area (TPSA) is 38.7 Å². The summed E-state index contributed by atoms with van der Waals surface area (Å²) in [6.07, 6.45) is 5.52. The number of phenolic OH excluding ortho intramolecular Hbond substituents is 1. The molecular weight excluding hydrogens is 306 g/mol. The molecule has 2 bridgehead atoms. The van der Waals surface area contributed by atoms with Crippen LogP contribution in [0, 0.1) is 11.8 Å². The number of fused-ring (bicyclic) bond motifs is 2. The maximum Gasteiger partial charge on any atom is 0.169 e. The standard InChI is InChI=1S/C18H25N3OS/c22-17-4-2-1-3-16(17)20-7-9-21(10-8-20)18(23)19-15-12-13-5-6-14(15)11-13/h1-4,13-15,22H,5-12H2,(H,19,23)/t13-,14-,15+/m0/s1. The molecule has 4 nitrogen and oxygen atoms in total. The van der Waals surface area contributed by atoms with Gasteiger partial charge in [-0.2, -0.15) is 0 Å². The van der Waals surface area contributed by atoms with E-state index in [1.807, 2.05) is 18.2 Å². The van der Waals surface area contributed by atoms with Crippen molar-refractivity contribution in [1.29, 1.82) is 0 Å². The van der Waals surface area contributed by atoms with E-state index in [0.29, 0.717) is 11.8 Å². The Morgan fingerprint density at radius 3 is 2.52 bits per heavy atom. The van der Waals surface area contributed by atoms with E-state index in [2.05, 4.69) is 15.1 Å². The van der Waals surface area contributed by atoms with E-state index in [-0.39, 0.29) is 0 Å². The molecule has 5 heteroatoms. The Labute approximate surface area is 143 Å². The van der Waals surface area contributed by atoms with Crippen LogP contribution >= 0.6 is 12.2 Å². The fraction of sp³-hybridized carbons (Fsp3) is 0.611. The van der Waals surface area contributed by atoms with Gasteiger partial charge in [-0.15, -0.1) is 0 Å². The Morgan fingerprint density at radius 1 is 1.09 bits per heavy atom. The first-order valence-corrected chi connectivity index (χ1v) is 9.20. The third-order valence-electron chi connectivity index (χ3n) is 5.84. The first kappa shape index (κ1) is 15.1. The highest BCUT2D eigenvalue weighted by atomic mass is 32.1. The Bertz CT molecular complexity index is 585. The highest BCUT2D eigenvalue weighted by molar-refractivity contribution is 7.80. The molecule has 3 aliphatic rings. The second-order valence-corrected chi connectivity index (χ2v) is 7.58. The van der Waals surface area contributed by atoms with Gasteiger partial charge in [-0.05, 0) is 55.4 Å². The predicted molar refractivity (Wildman–Crippen MR) is 96.9 cm³/mol. The number of anilines is 1. The SMILES string of the molecule is Oc1ccccc1N1CCN(C(=S)N[C@@H]2C[C@H]3CC[C@H]2C3)CC1. The molecule has 3 fully saturated rings. The van der Waals surface area contributed by atoms with Crippen LogP contribution in [0.2, 0.25) is 0 Å². The van der Waals surface area contributed by atoms with Crippen molar-refractivity contribution in [2.45, 2.75) is 31.7 Å². The average Bonchev–Trinajstić information content (AvgIpc) is 3.18. The Morgan fingerprint density at radius 2 is 1.87 bits per heavy atom. The maximum atomic E-state index is 9.99. The van der Waals surface area contributed by atoms with E-state index in [1.165, 1.54) is 25.7 Å². The Kier molecular flexibility index (Phi) is 4.05. The van der Waals surface area contributed by atoms with Crippen molar-refractivity contribution in [3.05, 3.63) is 24.3 Å². The van der Waals surface area contributed by atoms with E-state index in [0.717, 1.165) is 48.8 Å². The predicted octanol–water partition coefficient (Wildman–Crippen LogP) is 2.58. The van der Waals surface area contributed by atoms with Gasteiger partial charge in [0, 0.05) is 32.2 Å². The number of aromatic hydroxyl groups is 1. The average molecular weight is 331 g/mol. The summed E-state index contributed by atoms with van der Waals surface area (Å²) in [6, 6.07) is 8.18. The van der Waals surface area contributed by atoms with Crippen molar-refractivity contribution in [3.8, 4) is 5.75 Å². The number of benzene rings is 1. The fourth-order valence-corrected chi connectivity index (χ4v) is 4.89. The molecule has 0 amide bonds. The number of hydrogen-bond acceptors (Lipinski definition) is 3. The number of nitrogens with one attached hydrogen (secondary N) is 1. The van der Waals surface area contributed by atoms with Gasteiger partial charge >= 0.3 is 0 Å². The molecule has 1 saturated heterocycles. The molecule has 2 aliphatic carbocycles. The van der Waals surface area contributed by atoms with Crippen LogP contribution in [0.25, 0.3) is 0 Å². The number of thiocarbonyl (C=S) groups is 1. The van der Waals surface area contributed by atoms with Crippen molar-refractivity contribution in [2.24, 2.45) is 11.8 Å². The molecule has 124 valence electrons. The van der Waals surface area contributed by atoms with Gasteiger partial charge in [-0.25, -0.2) is 0 Å². The van der Waals surface area contributed by atoms with E-state index in [1.54, 1.807) is 6.07 Å². The minimum absolute atomic E-state index is 0.364. The summed E-state index contributed by atoms with van der Waals surface area (Å²) in [5, 5.41) is 14.6. The molecule has 0 aromatic heterocycles. The van der Waals surface area contributed by atoms with Crippen molar-refractivity contribution < 1.29 is 5.11 Å². The minimum Gasteiger partial charge on any atom is -0.506 e. The van der Waals surface area contributed by atoms with Crippen molar-refractivity contribution >= 4 is 23.0 Å². The van der Waals surface area contributed by atoms with Gasteiger partial charge in [-0.1, -0.05) is 18.6 Å². The van der Waals surface area contributed by atoms with Gasteiger partial charge in [0.1, 0.15) is 5.75 Å². The van der Waals surface area contributed by atoms with Crippen LogP contribution in [-0.2, 0) is 0 Å². The zero-order valence-corrected chi connectivity index (χ0v) is 14.3. The molecule has 3 atom stereocenters. The molecule has 1 heterocycles. The summed E-state index contributed by atoms with van der Waals surface area (Å²) < 4.78 is 0. The van der Waals surface area contributed by atoms with Crippen LogP contribution in [0.5, 0.6) is 5.75 Å². The summed E-state index contributed by atoms with van der Waals surface area (Å²) in [5.74, 6) is 2.15. The molecule has 2 N–H and O–H groups in total. The molecule has 2 saturated carbocycles. The van der Waals surface area contributed by atoms with Gasteiger partial charge in [-0.3, -0.25) is 0 Å². The van der Waals surface area contributed by atoms with Crippen molar-refractivity contribution in [2.75, 3.05) is 31.1 Å².